The molecule has 0 saturated heterocycles. The van der Waals surface area contributed by atoms with E-state index >= 15 is 0 Å². The van der Waals surface area contributed by atoms with Gasteiger partial charge in [0.05, 0.1) is 24.8 Å². The number of ether oxygens (including phenoxy) is 1. The van der Waals surface area contributed by atoms with E-state index in [2.05, 4.69) is 20.7 Å². The Morgan fingerprint density at radius 1 is 1.15 bits per heavy atom. The zero-order valence-corrected chi connectivity index (χ0v) is 15.2. The molecule has 3 atom stereocenters. The molecule has 0 bridgehead atoms. The topological polar surface area (TPSA) is 81.1 Å². The Bertz CT molecular complexity index is 940. The fraction of sp³-hybridized carbons (Fsp3) is 0.250. The van der Waals surface area contributed by atoms with E-state index in [-0.39, 0.29) is 23.9 Å². The van der Waals surface area contributed by atoms with Crippen molar-refractivity contribution in [3.05, 3.63) is 66.5 Å². The summed E-state index contributed by atoms with van der Waals surface area (Å²) in [6.07, 6.45) is 1.51. The van der Waals surface area contributed by atoms with Crippen molar-refractivity contribution in [3.8, 4) is 5.75 Å². The average molecular weight is 363 g/mol. The van der Waals surface area contributed by atoms with Gasteiger partial charge in [0.25, 0.3) is 0 Å². The third kappa shape index (κ3) is 3.12. The molecule has 1 aromatic heterocycles. The van der Waals surface area contributed by atoms with E-state index in [0.717, 1.165) is 5.56 Å². The zero-order valence-electron chi connectivity index (χ0n) is 15.2. The molecule has 4 rings (SSSR count). The fourth-order valence-corrected chi connectivity index (χ4v) is 3.61. The van der Waals surface area contributed by atoms with Gasteiger partial charge in [-0.3, -0.25) is 4.79 Å². The van der Waals surface area contributed by atoms with Gasteiger partial charge < -0.3 is 15.4 Å². The van der Waals surface area contributed by atoms with E-state index < -0.39 is 0 Å². The van der Waals surface area contributed by atoms with Gasteiger partial charge in [-0.05, 0) is 24.6 Å². The van der Waals surface area contributed by atoms with Crippen molar-refractivity contribution in [3.63, 3.8) is 0 Å². The van der Waals surface area contributed by atoms with Crippen molar-refractivity contribution in [2.24, 2.45) is 5.92 Å². The van der Waals surface area contributed by atoms with Gasteiger partial charge in [0.2, 0.25) is 11.9 Å². The summed E-state index contributed by atoms with van der Waals surface area (Å²) in [4.78, 5) is 17.6. The minimum Gasteiger partial charge on any atom is -0.495 e. The molecule has 27 heavy (non-hydrogen) atoms. The second kappa shape index (κ2) is 7.11. The normalized spacial score (nSPS) is 21.0. The van der Waals surface area contributed by atoms with Crippen molar-refractivity contribution in [1.82, 2.24) is 14.8 Å². The number of amides is 1. The number of nitrogens with zero attached hydrogens (tertiary/aromatic N) is 3. The number of carbonyl (C=O) groups is 1. The SMILES string of the molecule is COc1ccccc1NC(=O)[C@@H]1[C@@H](C)Nc2ncnn2[C@H]1c1ccccc1. The Morgan fingerprint density at radius 2 is 1.89 bits per heavy atom. The summed E-state index contributed by atoms with van der Waals surface area (Å²) in [5, 5.41) is 10.7. The summed E-state index contributed by atoms with van der Waals surface area (Å²) in [6, 6.07) is 16.9. The maximum absolute atomic E-state index is 13.3. The number of fused-ring (bicyclic) bond motifs is 1. The lowest BCUT2D eigenvalue weighted by molar-refractivity contribution is -0.121. The number of para-hydroxylation sites is 2. The van der Waals surface area contributed by atoms with Gasteiger partial charge in [-0.2, -0.15) is 10.1 Å². The van der Waals surface area contributed by atoms with Crippen LogP contribution in [0.1, 0.15) is 18.5 Å². The van der Waals surface area contributed by atoms with Gasteiger partial charge in [-0.25, -0.2) is 4.68 Å². The van der Waals surface area contributed by atoms with Gasteiger partial charge in [0, 0.05) is 6.04 Å². The van der Waals surface area contributed by atoms with Crippen LogP contribution in [0.5, 0.6) is 5.75 Å². The Morgan fingerprint density at radius 3 is 2.67 bits per heavy atom. The summed E-state index contributed by atoms with van der Waals surface area (Å²) >= 11 is 0. The summed E-state index contributed by atoms with van der Waals surface area (Å²) in [7, 11) is 1.59. The van der Waals surface area contributed by atoms with Crippen LogP contribution < -0.4 is 15.4 Å². The van der Waals surface area contributed by atoms with Crippen molar-refractivity contribution < 1.29 is 9.53 Å². The minimum absolute atomic E-state index is 0.102. The van der Waals surface area contributed by atoms with E-state index in [0.29, 0.717) is 17.4 Å². The lowest BCUT2D eigenvalue weighted by Crippen LogP contribution is -2.46. The number of rotatable bonds is 4. The number of nitrogens with one attached hydrogen (secondary N) is 2. The smallest absolute Gasteiger partial charge is 0.232 e. The molecule has 1 amide bonds. The van der Waals surface area contributed by atoms with E-state index in [9.17, 15) is 4.79 Å². The standard InChI is InChI=1S/C20H21N5O2/c1-13-17(19(26)24-15-10-6-7-11-16(15)27-2)18(14-8-4-3-5-9-14)25-20(23-13)21-12-22-25/h3-13,17-18H,1-2H3,(H,24,26)(H,21,22,23)/t13-,17-,18+/m1/s1. The number of aromatic nitrogens is 3. The van der Waals surface area contributed by atoms with Crippen LogP contribution in [-0.4, -0.2) is 33.8 Å². The zero-order chi connectivity index (χ0) is 18.8. The predicted molar refractivity (Wildman–Crippen MR) is 103 cm³/mol. The van der Waals surface area contributed by atoms with E-state index in [1.807, 2.05) is 61.5 Å². The number of anilines is 2. The lowest BCUT2D eigenvalue weighted by Gasteiger charge is -2.36. The van der Waals surface area contributed by atoms with Gasteiger partial charge in [0.15, 0.2) is 0 Å². The summed E-state index contributed by atoms with van der Waals surface area (Å²) in [5.41, 5.74) is 1.66. The van der Waals surface area contributed by atoms with Crippen molar-refractivity contribution in [2.75, 3.05) is 17.7 Å². The van der Waals surface area contributed by atoms with Crippen LogP contribution in [0.15, 0.2) is 60.9 Å². The molecule has 0 unspecified atom stereocenters. The largest absolute Gasteiger partial charge is 0.495 e. The monoisotopic (exact) mass is 363 g/mol. The molecule has 7 nitrogen and oxygen atoms in total. The molecule has 0 aliphatic carbocycles. The first-order valence-corrected chi connectivity index (χ1v) is 8.84. The van der Waals surface area contributed by atoms with Crippen molar-refractivity contribution >= 4 is 17.5 Å². The molecular formula is C20H21N5O2. The van der Waals surface area contributed by atoms with Gasteiger partial charge in [0.1, 0.15) is 12.1 Å². The van der Waals surface area contributed by atoms with Crippen LogP contribution in [-0.2, 0) is 4.79 Å². The summed E-state index contributed by atoms with van der Waals surface area (Å²) < 4.78 is 7.14. The highest BCUT2D eigenvalue weighted by Crippen LogP contribution is 2.36. The van der Waals surface area contributed by atoms with Crippen LogP contribution in [0.4, 0.5) is 11.6 Å². The van der Waals surface area contributed by atoms with Gasteiger partial charge >= 0.3 is 0 Å². The van der Waals surface area contributed by atoms with Crippen LogP contribution in [0, 0.1) is 5.92 Å². The van der Waals surface area contributed by atoms with Crippen LogP contribution in [0.3, 0.4) is 0 Å². The molecular weight excluding hydrogens is 342 g/mol. The third-order valence-electron chi connectivity index (χ3n) is 4.88. The van der Waals surface area contributed by atoms with E-state index in [4.69, 9.17) is 4.74 Å². The molecule has 0 fully saturated rings. The van der Waals surface area contributed by atoms with Crippen LogP contribution >= 0.6 is 0 Å². The predicted octanol–water partition coefficient (Wildman–Crippen LogP) is 2.95. The average Bonchev–Trinajstić information content (AvgIpc) is 3.15. The van der Waals surface area contributed by atoms with Gasteiger partial charge in [-0.1, -0.05) is 42.5 Å². The first-order valence-electron chi connectivity index (χ1n) is 8.84. The van der Waals surface area contributed by atoms with Crippen LogP contribution in [0.2, 0.25) is 0 Å². The Hall–Kier alpha value is -3.35. The molecule has 138 valence electrons. The second-order valence-corrected chi connectivity index (χ2v) is 6.53. The van der Waals surface area contributed by atoms with Crippen molar-refractivity contribution in [1.29, 1.82) is 0 Å². The third-order valence-corrected chi connectivity index (χ3v) is 4.88. The second-order valence-electron chi connectivity index (χ2n) is 6.53. The minimum atomic E-state index is -0.383. The number of benzene rings is 2. The molecule has 1 aliphatic heterocycles. The number of hydrogen-bond donors (Lipinski definition) is 2. The summed E-state index contributed by atoms with van der Waals surface area (Å²) in [5.74, 6) is 0.804. The molecule has 2 aromatic carbocycles. The highest BCUT2D eigenvalue weighted by molar-refractivity contribution is 5.95. The maximum Gasteiger partial charge on any atom is 0.232 e. The molecule has 3 aromatic rings. The summed E-state index contributed by atoms with van der Waals surface area (Å²) in [6.45, 7) is 1.99. The first-order chi connectivity index (χ1) is 13.2. The molecule has 2 N–H and O–H groups in total. The molecule has 1 aliphatic rings. The molecule has 2 heterocycles. The number of hydrogen-bond acceptors (Lipinski definition) is 5. The Labute approximate surface area is 157 Å². The molecule has 7 heteroatoms. The molecule has 0 radical (unpaired) electrons. The number of methoxy groups -OCH3 is 1. The van der Waals surface area contributed by atoms with E-state index in [1.165, 1.54) is 6.33 Å². The maximum atomic E-state index is 13.3. The Balaban J connectivity index is 1.72. The highest BCUT2D eigenvalue weighted by Gasteiger charge is 2.41. The first kappa shape index (κ1) is 17.1. The van der Waals surface area contributed by atoms with Crippen molar-refractivity contribution in [2.45, 2.75) is 19.0 Å². The molecule has 0 spiro atoms. The van der Waals surface area contributed by atoms with Gasteiger partial charge in [-0.15, -0.1) is 0 Å². The highest BCUT2D eigenvalue weighted by atomic mass is 16.5. The lowest BCUT2D eigenvalue weighted by atomic mass is 9.85. The number of carbonyl (C=O) groups excluding carboxylic acids is 1. The fourth-order valence-electron chi connectivity index (χ4n) is 3.61. The molecule has 0 saturated carbocycles. The quantitative estimate of drug-likeness (QED) is 0.745. The Kier molecular flexibility index (Phi) is 4.50. The van der Waals surface area contributed by atoms with Crippen LogP contribution in [0.25, 0.3) is 0 Å². The van der Waals surface area contributed by atoms with E-state index in [1.54, 1.807) is 11.8 Å².